The Kier molecular flexibility index (Phi) is 1.79. The third-order valence-corrected chi connectivity index (χ3v) is 3.20. The lowest BCUT2D eigenvalue weighted by atomic mass is 10.0. The molecular formula is C11H14N4. The van der Waals surface area contributed by atoms with Crippen LogP contribution >= 0.6 is 0 Å². The lowest BCUT2D eigenvalue weighted by Crippen LogP contribution is -2.22. The minimum atomic E-state index is 0.121. The van der Waals surface area contributed by atoms with E-state index in [1.165, 1.54) is 18.4 Å². The second-order valence-corrected chi connectivity index (χ2v) is 4.43. The van der Waals surface area contributed by atoms with Gasteiger partial charge < -0.3 is 10.7 Å². The Balaban J connectivity index is 1.86. The SMILES string of the molecule is NC1(CCc2ccnc3nc[nH]c23)CC1. The summed E-state index contributed by atoms with van der Waals surface area (Å²) in [4.78, 5) is 11.5. The molecule has 4 heteroatoms. The zero-order valence-electron chi connectivity index (χ0n) is 8.53. The van der Waals surface area contributed by atoms with Crippen LogP contribution in [0.15, 0.2) is 18.6 Å². The van der Waals surface area contributed by atoms with E-state index in [9.17, 15) is 0 Å². The monoisotopic (exact) mass is 202 g/mol. The number of nitrogens with zero attached hydrogens (tertiary/aromatic N) is 2. The number of nitrogens with one attached hydrogen (secondary N) is 1. The second kappa shape index (κ2) is 3.03. The predicted octanol–water partition coefficient (Wildman–Crippen LogP) is 1.38. The van der Waals surface area contributed by atoms with Gasteiger partial charge in [-0.05, 0) is 37.3 Å². The van der Waals surface area contributed by atoms with Crippen molar-refractivity contribution < 1.29 is 0 Å². The summed E-state index contributed by atoms with van der Waals surface area (Å²) in [5.41, 5.74) is 9.32. The minimum Gasteiger partial charge on any atom is -0.343 e. The van der Waals surface area contributed by atoms with Crippen LogP contribution in [0.1, 0.15) is 24.8 Å². The molecule has 0 aromatic carbocycles. The zero-order valence-corrected chi connectivity index (χ0v) is 8.53. The van der Waals surface area contributed by atoms with E-state index >= 15 is 0 Å². The number of fused-ring (bicyclic) bond motifs is 1. The number of aromatic amines is 1. The fourth-order valence-electron chi connectivity index (χ4n) is 1.90. The molecule has 3 N–H and O–H groups in total. The Bertz CT molecular complexity index is 484. The van der Waals surface area contributed by atoms with Gasteiger partial charge in [0, 0.05) is 11.7 Å². The maximum atomic E-state index is 6.07. The van der Waals surface area contributed by atoms with E-state index in [0.29, 0.717) is 0 Å². The molecular weight excluding hydrogens is 188 g/mol. The summed E-state index contributed by atoms with van der Waals surface area (Å²) in [5, 5.41) is 0. The molecule has 4 nitrogen and oxygen atoms in total. The molecule has 0 atom stereocenters. The van der Waals surface area contributed by atoms with Gasteiger partial charge in [-0.2, -0.15) is 0 Å². The number of aryl methyl sites for hydroxylation is 1. The van der Waals surface area contributed by atoms with Gasteiger partial charge in [0.2, 0.25) is 0 Å². The van der Waals surface area contributed by atoms with E-state index in [1.807, 2.05) is 12.3 Å². The van der Waals surface area contributed by atoms with Crippen molar-refractivity contribution in [3.05, 3.63) is 24.2 Å². The number of nitrogens with two attached hydrogens (primary N) is 1. The highest BCUT2D eigenvalue weighted by Crippen LogP contribution is 2.36. The number of H-pyrrole nitrogens is 1. The first-order valence-corrected chi connectivity index (χ1v) is 5.33. The summed E-state index contributed by atoms with van der Waals surface area (Å²) in [6.45, 7) is 0. The van der Waals surface area contributed by atoms with Gasteiger partial charge in [-0.1, -0.05) is 0 Å². The molecule has 1 aliphatic rings. The van der Waals surface area contributed by atoms with Crippen LogP contribution in [0, 0.1) is 0 Å². The summed E-state index contributed by atoms with van der Waals surface area (Å²) >= 11 is 0. The Morgan fingerprint density at radius 1 is 1.40 bits per heavy atom. The fraction of sp³-hybridized carbons (Fsp3) is 0.455. The molecule has 1 saturated carbocycles. The molecule has 2 aromatic heterocycles. The Hall–Kier alpha value is -1.42. The van der Waals surface area contributed by atoms with Gasteiger partial charge in [0.05, 0.1) is 11.8 Å². The first kappa shape index (κ1) is 8.85. The number of aromatic nitrogens is 3. The van der Waals surface area contributed by atoms with E-state index in [1.54, 1.807) is 6.33 Å². The van der Waals surface area contributed by atoms with Crippen LogP contribution in [0.3, 0.4) is 0 Å². The summed E-state index contributed by atoms with van der Waals surface area (Å²) in [6.07, 6.45) is 7.92. The average molecular weight is 202 g/mol. The number of pyridine rings is 1. The largest absolute Gasteiger partial charge is 0.343 e. The molecule has 0 radical (unpaired) electrons. The van der Waals surface area contributed by atoms with Crippen LogP contribution in [0.4, 0.5) is 0 Å². The Morgan fingerprint density at radius 2 is 2.27 bits per heavy atom. The molecule has 78 valence electrons. The van der Waals surface area contributed by atoms with E-state index in [2.05, 4.69) is 15.0 Å². The average Bonchev–Trinajstić information content (AvgIpc) is 2.80. The van der Waals surface area contributed by atoms with Gasteiger partial charge in [-0.15, -0.1) is 0 Å². The smallest absolute Gasteiger partial charge is 0.177 e. The third kappa shape index (κ3) is 1.61. The van der Waals surface area contributed by atoms with Crippen LogP contribution in [0.25, 0.3) is 11.2 Å². The molecule has 1 fully saturated rings. The van der Waals surface area contributed by atoms with Crippen LogP contribution in [-0.4, -0.2) is 20.5 Å². The van der Waals surface area contributed by atoms with Crippen LogP contribution in [-0.2, 0) is 6.42 Å². The number of imidazole rings is 1. The van der Waals surface area contributed by atoms with Gasteiger partial charge >= 0.3 is 0 Å². The molecule has 3 rings (SSSR count). The van der Waals surface area contributed by atoms with Crippen LogP contribution in [0.2, 0.25) is 0 Å². The fourth-order valence-corrected chi connectivity index (χ4v) is 1.90. The van der Waals surface area contributed by atoms with Gasteiger partial charge in [0.15, 0.2) is 5.65 Å². The minimum absolute atomic E-state index is 0.121. The van der Waals surface area contributed by atoms with E-state index in [0.717, 1.165) is 24.0 Å². The van der Waals surface area contributed by atoms with Crippen LogP contribution < -0.4 is 5.73 Å². The number of rotatable bonds is 3. The molecule has 1 aliphatic carbocycles. The maximum Gasteiger partial charge on any atom is 0.177 e. The zero-order chi connectivity index (χ0) is 10.3. The van der Waals surface area contributed by atoms with Crippen LogP contribution in [0.5, 0.6) is 0 Å². The summed E-state index contributed by atoms with van der Waals surface area (Å²) in [5.74, 6) is 0. The second-order valence-electron chi connectivity index (χ2n) is 4.43. The van der Waals surface area contributed by atoms with Gasteiger partial charge in [-0.3, -0.25) is 0 Å². The Morgan fingerprint density at radius 3 is 3.07 bits per heavy atom. The quantitative estimate of drug-likeness (QED) is 0.790. The van der Waals surface area contributed by atoms with Crippen molar-refractivity contribution >= 4 is 11.2 Å². The van der Waals surface area contributed by atoms with Crippen molar-refractivity contribution in [2.75, 3.05) is 0 Å². The molecule has 0 amide bonds. The Labute approximate surface area is 87.9 Å². The molecule has 15 heavy (non-hydrogen) atoms. The highest BCUT2D eigenvalue weighted by Gasteiger charge is 2.37. The molecule has 0 spiro atoms. The van der Waals surface area contributed by atoms with Gasteiger partial charge in [0.25, 0.3) is 0 Å². The van der Waals surface area contributed by atoms with Crippen molar-refractivity contribution in [2.24, 2.45) is 5.73 Å². The highest BCUT2D eigenvalue weighted by molar-refractivity contribution is 5.73. The van der Waals surface area contributed by atoms with Crippen molar-refractivity contribution in [2.45, 2.75) is 31.2 Å². The van der Waals surface area contributed by atoms with Crippen molar-refractivity contribution in [3.8, 4) is 0 Å². The van der Waals surface area contributed by atoms with Gasteiger partial charge in [0.1, 0.15) is 0 Å². The normalized spacial score (nSPS) is 18.2. The number of hydrogen-bond donors (Lipinski definition) is 2. The summed E-state index contributed by atoms with van der Waals surface area (Å²) in [7, 11) is 0. The van der Waals surface area contributed by atoms with Gasteiger partial charge in [-0.25, -0.2) is 9.97 Å². The first-order chi connectivity index (χ1) is 7.27. The summed E-state index contributed by atoms with van der Waals surface area (Å²) in [6, 6.07) is 2.05. The van der Waals surface area contributed by atoms with E-state index < -0.39 is 0 Å². The van der Waals surface area contributed by atoms with Crippen molar-refractivity contribution in [3.63, 3.8) is 0 Å². The molecule has 0 saturated heterocycles. The molecule has 2 aromatic rings. The van der Waals surface area contributed by atoms with E-state index in [4.69, 9.17) is 5.73 Å². The van der Waals surface area contributed by atoms with Crippen molar-refractivity contribution in [1.29, 1.82) is 0 Å². The third-order valence-electron chi connectivity index (χ3n) is 3.20. The predicted molar refractivity (Wildman–Crippen MR) is 58.4 cm³/mol. The molecule has 2 heterocycles. The topological polar surface area (TPSA) is 67.6 Å². The maximum absolute atomic E-state index is 6.07. The lowest BCUT2D eigenvalue weighted by Gasteiger charge is -2.08. The molecule has 0 bridgehead atoms. The van der Waals surface area contributed by atoms with E-state index in [-0.39, 0.29) is 5.54 Å². The highest BCUT2D eigenvalue weighted by atomic mass is 14.9. The van der Waals surface area contributed by atoms with Crippen molar-refractivity contribution in [1.82, 2.24) is 15.0 Å². The molecule has 0 aliphatic heterocycles. The summed E-state index contributed by atoms with van der Waals surface area (Å²) < 4.78 is 0. The lowest BCUT2D eigenvalue weighted by molar-refractivity contribution is 0.610. The number of hydrogen-bond acceptors (Lipinski definition) is 3. The first-order valence-electron chi connectivity index (χ1n) is 5.33. The standard InChI is InChI=1S/C11H14N4/c12-11(4-5-11)3-1-8-2-6-13-10-9(8)14-7-15-10/h2,6-7H,1,3-5,12H2,(H,13,14,15). The molecule has 0 unspecified atom stereocenters.